The van der Waals surface area contributed by atoms with Crippen molar-refractivity contribution < 1.29 is 14.1 Å². The number of halogens is 1. The van der Waals surface area contributed by atoms with Crippen LogP contribution >= 0.6 is 15.9 Å². The molecule has 0 spiro atoms. The number of aryl methyl sites for hydroxylation is 3. The summed E-state index contributed by atoms with van der Waals surface area (Å²) < 4.78 is 11.6. The molecule has 0 saturated carbocycles. The number of aromatic nitrogens is 2. The Labute approximate surface area is 125 Å². The Morgan fingerprint density at radius 1 is 1.40 bits per heavy atom. The highest BCUT2D eigenvalue weighted by Crippen LogP contribution is 2.27. The van der Waals surface area contributed by atoms with Gasteiger partial charge in [0.25, 0.3) is 0 Å². The van der Waals surface area contributed by atoms with Crippen molar-refractivity contribution in [3.05, 3.63) is 39.4 Å². The first-order valence-corrected chi connectivity index (χ1v) is 7.06. The van der Waals surface area contributed by atoms with Gasteiger partial charge in [-0.05, 0) is 38.0 Å². The minimum atomic E-state index is 0.491. The molecular formula is C14H15BrN2O3. The summed E-state index contributed by atoms with van der Waals surface area (Å²) in [6.45, 7) is 4.18. The molecule has 0 aliphatic rings. The molecule has 0 fully saturated rings. The van der Waals surface area contributed by atoms with Crippen molar-refractivity contribution in [1.82, 2.24) is 10.1 Å². The summed E-state index contributed by atoms with van der Waals surface area (Å²) in [6.07, 6.45) is 2.21. The summed E-state index contributed by atoms with van der Waals surface area (Å²) in [5, 5.41) is 3.73. The maximum absolute atomic E-state index is 11.1. The van der Waals surface area contributed by atoms with Crippen molar-refractivity contribution in [2.24, 2.45) is 0 Å². The van der Waals surface area contributed by atoms with E-state index in [-0.39, 0.29) is 0 Å². The Morgan fingerprint density at radius 2 is 2.20 bits per heavy atom. The van der Waals surface area contributed by atoms with Crippen molar-refractivity contribution in [3.8, 4) is 5.75 Å². The molecule has 2 rings (SSSR count). The predicted molar refractivity (Wildman–Crippen MR) is 77.1 cm³/mol. The van der Waals surface area contributed by atoms with Gasteiger partial charge in [0.05, 0.1) is 12.2 Å². The van der Waals surface area contributed by atoms with Gasteiger partial charge in [0.2, 0.25) is 5.89 Å². The Bertz CT molecular complexity index is 610. The molecule has 1 aromatic carbocycles. The van der Waals surface area contributed by atoms with E-state index in [1.54, 1.807) is 13.0 Å². The van der Waals surface area contributed by atoms with Gasteiger partial charge in [-0.15, -0.1) is 0 Å². The molecule has 0 atom stereocenters. The number of hydrogen-bond donors (Lipinski definition) is 0. The fourth-order valence-electron chi connectivity index (χ4n) is 1.88. The van der Waals surface area contributed by atoms with Crippen molar-refractivity contribution in [2.45, 2.75) is 26.7 Å². The average Bonchev–Trinajstić information content (AvgIpc) is 2.81. The molecule has 1 aromatic heterocycles. The van der Waals surface area contributed by atoms with Crippen LogP contribution in [0, 0.1) is 13.8 Å². The highest BCUT2D eigenvalue weighted by atomic mass is 79.9. The third kappa shape index (κ3) is 3.66. The second-order valence-corrected chi connectivity index (χ2v) is 5.36. The van der Waals surface area contributed by atoms with Crippen LogP contribution in [0.2, 0.25) is 0 Å². The van der Waals surface area contributed by atoms with Gasteiger partial charge in [-0.1, -0.05) is 21.1 Å². The number of carbonyl (C=O) groups is 1. The summed E-state index contributed by atoms with van der Waals surface area (Å²) in [7, 11) is 0. The molecule has 2 aromatic rings. The van der Waals surface area contributed by atoms with Gasteiger partial charge in [-0.25, -0.2) is 0 Å². The zero-order valence-corrected chi connectivity index (χ0v) is 12.9. The van der Waals surface area contributed by atoms with E-state index in [0.717, 1.165) is 22.7 Å². The molecule has 0 N–H and O–H groups in total. The number of carbonyl (C=O) groups excluding carboxylic acids is 1. The molecule has 0 aliphatic carbocycles. The Hall–Kier alpha value is -1.69. The lowest BCUT2D eigenvalue weighted by Gasteiger charge is -2.11. The third-order valence-corrected chi connectivity index (χ3v) is 3.20. The zero-order chi connectivity index (χ0) is 14.5. The molecular weight excluding hydrogens is 324 g/mol. The minimum Gasteiger partial charge on any atom is -0.493 e. The van der Waals surface area contributed by atoms with Crippen molar-refractivity contribution in [3.63, 3.8) is 0 Å². The van der Waals surface area contributed by atoms with E-state index in [4.69, 9.17) is 9.26 Å². The highest BCUT2D eigenvalue weighted by Gasteiger charge is 2.09. The second kappa shape index (κ2) is 6.65. The zero-order valence-electron chi connectivity index (χ0n) is 11.4. The largest absolute Gasteiger partial charge is 0.493 e. The fourth-order valence-corrected chi connectivity index (χ4v) is 2.47. The van der Waals surface area contributed by atoms with Crippen LogP contribution < -0.4 is 4.74 Å². The van der Waals surface area contributed by atoms with Crippen LogP contribution in [0.15, 0.2) is 21.1 Å². The Balaban J connectivity index is 1.92. The lowest BCUT2D eigenvalue weighted by molar-refractivity contribution is 0.111. The van der Waals surface area contributed by atoms with Crippen LogP contribution in [0.5, 0.6) is 5.75 Å². The van der Waals surface area contributed by atoms with Gasteiger partial charge in [-0.3, -0.25) is 4.79 Å². The first-order valence-electron chi connectivity index (χ1n) is 6.27. The standard InChI is InChI=1S/C14H15BrN2O3/c1-9-6-12(15)7-11(8-18)14(9)19-5-3-4-13-16-10(2)17-20-13/h6-8H,3-5H2,1-2H3. The lowest BCUT2D eigenvalue weighted by atomic mass is 10.1. The van der Waals surface area contributed by atoms with Crippen molar-refractivity contribution in [1.29, 1.82) is 0 Å². The first-order chi connectivity index (χ1) is 9.60. The summed E-state index contributed by atoms with van der Waals surface area (Å²) in [6, 6.07) is 3.67. The van der Waals surface area contributed by atoms with Crippen LogP contribution in [-0.2, 0) is 6.42 Å². The Kier molecular flexibility index (Phi) is 4.89. The maximum Gasteiger partial charge on any atom is 0.226 e. The van der Waals surface area contributed by atoms with Crippen LogP contribution in [0.25, 0.3) is 0 Å². The normalized spacial score (nSPS) is 10.6. The number of nitrogens with zero attached hydrogens (tertiary/aromatic N) is 2. The topological polar surface area (TPSA) is 65.2 Å². The van der Waals surface area contributed by atoms with E-state index < -0.39 is 0 Å². The van der Waals surface area contributed by atoms with Gasteiger partial charge in [0.15, 0.2) is 12.1 Å². The molecule has 0 saturated heterocycles. The van der Waals surface area contributed by atoms with E-state index in [2.05, 4.69) is 26.1 Å². The van der Waals surface area contributed by atoms with E-state index in [9.17, 15) is 4.79 Å². The molecule has 0 unspecified atom stereocenters. The van der Waals surface area contributed by atoms with Gasteiger partial charge < -0.3 is 9.26 Å². The SMILES string of the molecule is Cc1noc(CCCOc2c(C)cc(Br)cc2C=O)n1. The second-order valence-electron chi connectivity index (χ2n) is 4.45. The number of ether oxygens (including phenoxy) is 1. The monoisotopic (exact) mass is 338 g/mol. The molecule has 0 bridgehead atoms. The summed E-state index contributed by atoms with van der Waals surface area (Å²) in [5.41, 5.74) is 1.47. The van der Waals surface area contributed by atoms with Gasteiger partial charge in [0.1, 0.15) is 5.75 Å². The highest BCUT2D eigenvalue weighted by molar-refractivity contribution is 9.10. The van der Waals surface area contributed by atoms with E-state index >= 15 is 0 Å². The summed E-state index contributed by atoms with van der Waals surface area (Å²) in [5.74, 6) is 1.87. The van der Waals surface area contributed by atoms with Gasteiger partial charge in [0, 0.05) is 10.9 Å². The molecule has 0 amide bonds. The van der Waals surface area contributed by atoms with E-state index in [1.807, 2.05) is 13.0 Å². The molecule has 106 valence electrons. The molecule has 20 heavy (non-hydrogen) atoms. The van der Waals surface area contributed by atoms with Gasteiger partial charge in [-0.2, -0.15) is 4.98 Å². The summed E-state index contributed by atoms with van der Waals surface area (Å²) >= 11 is 3.36. The maximum atomic E-state index is 11.1. The minimum absolute atomic E-state index is 0.491. The average molecular weight is 339 g/mol. The third-order valence-electron chi connectivity index (χ3n) is 2.75. The van der Waals surface area contributed by atoms with Gasteiger partial charge >= 0.3 is 0 Å². The molecule has 5 nitrogen and oxygen atoms in total. The molecule has 0 radical (unpaired) electrons. The Morgan fingerprint density at radius 3 is 2.85 bits per heavy atom. The number of aldehydes is 1. The molecule has 1 heterocycles. The fraction of sp³-hybridized carbons (Fsp3) is 0.357. The van der Waals surface area contributed by atoms with Crippen LogP contribution in [0.4, 0.5) is 0 Å². The van der Waals surface area contributed by atoms with Crippen LogP contribution in [0.1, 0.15) is 34.1 Å². The van der Waals surface area contributed by atoms with Crippen LogP contribution in [0.3, 0.4) is 0 Å². The summed E-state index contributed by atoms with van der Waals surface area (Å²) in [4.78, 5) is 15.2. The number of rotatable bonds is 6. The quantitative estimate of drug-likeness (QED) is 0.597. The number of hydrogen-bond acceptors (Lipinski definition) is 5. The van der Waals surface area contributed by atoms with E-state index in [0.29, 0.717) is 36.1 Å². The first kappa shape index (κ1) is 14.7. The number of benzene rings is 1. The van der Waals surface area contributed by atoms with E-state index in [1.165, 1.54) is 0 Å². The van der Waals surface area contributed by atoms with Crippen molar-refractivity contribution >= 4 is 22.2 Å². The lowest BCUT2D eigenvalue weighted by Crippen LogP contribution is -2.03. The smallest absolute Gasteiger partial charge is 0.226 e. The van der Waals surface area contributed by atoms with Crippen molar-refractivity contribution in [2.75, 3.05) is 6.61 Å². The molecule has 0 aliphatic heterocycles. The van der Waals surface area contributed by atoms with Crippen LogP contribution in [-0.4, -0.2) is 23.0 Å². The predicted octanol–water partition coefficient (Wildman–Crippen LogP) is 3.27. The molecule has 6 heteroatoms.